The standard InChI is InChI=1S/C22H32N6O/c1-2-6-19(7-3-1)18-26-22(25-12-9-20-8-4-17-29-20)28-15-13-27(14-16-28)21-23-10-5-11-24-21/h4-5,8,10-11,17,19H,1-3,6-7,9,12-16,18H2,(H,25,26). The van der Waals surface area contributed by atoms with Gasteiger partial charge in [-0.25, -0.2) is 9.97 Å². The van der Waals surface area contributed by atoms with E-state index in [4.69, 9.17) is 9.41 Å². The fraction of sp³-hybridized carbons (Fsp3) is 0.591. The third kappa shape index (κ3) is 5.71. The van der Waals surface area contributed by atoms with E-state index in [9.17, 15) is 0 Å². The van der Waals surface area contributed by atoms with Gasteiger partial charge in [-0.15, -0.1) is 0 Å². The highest BCUT2D eigenvalue weighted by atomic mass is 16.3. The van der Waals surface area contributed by atoms with Crippen LogP contribution in [0.4, 0.5) is 5.95 Å². The third-order valence-corrected chi connectivity index (χ3v) is 5.87. The van der Waals surface area contributed by atoms with Gasteiger partial charge in [-0.2, -0.15) is 0 Å². The Morgan fingerprint density at radius 3 is 2.59 bits per heavy atom. The van der Waals surface area contributed by atoms with E-state index in [1.165, 1.54) is 32.1 Å². The fourth-order valence-corrected chi connectivity index (χ4v) is 4.18. The van der Waals surface area contributed by atoms with Crippen LogP contribution in [0.25, 0.3) is 0 Å². The largest absolute Gasteiger partial charge is 0.469 e. The number of guanidine groups is 1. The van der Waals surface area contributed by atoms with E-state index < -0.39 is 0 Å². The van der Waals surface area contributed by atoms with Crippen LogP contribution in [0.1, 0.15) is 37.9 Å². The van der Waals surface area contributed by atoms with Gasteiger partial charge in [0.15, 0.2) is 5.96 Å². The van der Waals surface area contributed by atoms with Crippen molar-refractivity contribution in [1.82, 2.24) is 20.2 Å². The van der Waals surface area contributed by atoms with Crippen molar-refractivity contribution in [3.05, 3.63) is 42.6 Å². The van der Waals surface area contributed by atoms with Crippen molar-refractivity contribution in [2.24, 2.45) is 10.9 Å². The molecule has 7 nitrogen and oxygen atoms in total. The van der Waals surface area contributed by atoms with Crippen molar-refractivity contribution in [2.75, 3.05) is 44.2 Å². The Balaban J connectivity index is 1.34. The normalized spacial score (nSPS) is 18.8. The lowest BCUT2D eigenvalue weighted by Crippen LogP contribution is -2.53. The first-order chi connectivity index (χ1) is 14.4. The van der Waals surface area contributed by atoms with Crippen LogP contribution in [0.2, 0.25) is 0 Å². The van der Waals surface area contributed by atoms with Gasteiger partial charge in [0.2, 0.25) is 5.95 Å². The highest BCUT2D eigenvalue weighted by molar-refractivity contribution is 5.80. The topological polar surface area (TPSA) is 69.8 Å². The summed E-state index contributed by atoms with van der Waals surface area (Å²) in [5, 5.41) is 3.59. The number of furan rings is 1. The van der Waals surface area contributed by atoms with E-state index in [-0.39, 0.29) is 0 Å². The molecule has 29 heavy (non-hydrogen) atoms. The minimum Gasteiger partial charge on any atom is -0.469 e. The molecule has 156 valence electrons. The molecule has 2 aliphatic rings. The number of hydrogen-bond donors (Lipinski definition) is 1. The number of anilines is 1. The van der Waals surface area contributed by atoms with E-state index in [1.54, 1.807) is 6.26 Å². The monoisotopic (exact) mass is 396 g/mol. The summed E-state index contributed by atoms with van der Waals surface area (Å²) in [4.78, 5) is 18.4. The smallest absolute Gasteiger partial charge is 0.225 e. The van der Waals surface area contributed by atoms with Crippen molar-refractivity contribution in [3.8, 4) is 0 Å². The minimum absolute atomic E-state index is 0.740. The molecule has 3 heterocycles. The molecule has 1 saturated carbocycles. The maximum Gasteiger partial charge on any atom is 0.225 e. The second kappa shape index (κ2) is 10.3. The zero-order valence-corrected chi connectivity index (χ0v) is 17.2. The molecule has 0 amide bonds. The molecule has 1 aliphatic heterocycles. The first kappa shape index (κ1) is 19.7. The molecule has 2 fully saturated rings. The number of aliphatic imine (C=N–C) groups is 1. The summed E-state index contributed by atoms with van der Waals surface area (Å²) >= 11 is 0. The van der Waals surface area contributed by atoms with Crippen LogP contribution in [0.5, 0.6) is 0 Å². The van der Waals surface area contributed by atoms with Crippen LogP contribution in [0, 0.1) is 5.92 Å². The van der Waals surface area contributed by atoms with E-state index in [0.29, 0.717) is 0 Å². The Kier molecular flexibility index (Phi) is 6.99. The summed E-state index contributed by atoms with van der Waals surface area (Å²) in [5.41, 5.74) is 0. The molecule has 0 spiro atoms. The van der Waals surface area contributed by atoms with Crippen molar-refractivity contribution in [2.45, 2.75) is 38.5 Å². The molecule has 1 N–H and O–H groups in total. The quantitative estimate of drug-likeness (QED) is 0.598. The molecule has 1 saturated heterocycles. The molecule has 4 rings (SSSR count). The van der Waals surface area contributed by atoms with E-state index >= 15 is 0 Å². The maximum atomic E-state index is 5.46. The number of nitrogens with one attached hydrogen (secondary N) is 1. The van der Waals surface area contributed by atoms with Crippen LogP contribution < -0.4 is 10.2 Å². The Hall–Kier alpha value is -2.57. The van der Waals surface area contributed by atoms with E-state index in [2.05, 4.69) is 25.1 Å². The van der Waals surface area contributed by atoms with Gasteiger partial charge in [-0.05, 0) is 37.0 Å². The number of rotatable bonds is 6. The Labute approximate surface area is 173 Å². The zero-order valence-electron chi connectivity index (χ0n) is 17.2. The second-order valence-electron chi connectivity index (χ2n) is 7.95. The molecule has 0 bridgehead atoms. The lowest BCUT2D eigenvalue weighted by Gasteiger charge is -2.36. The van der Waals surface area contributed by atoms with Crippen LogP contribution in [0.15, 0.2) is 46.3 Å². The molecule has 2 aromatic rings. The molecule has 2 aromatic heterocycles. The molecular formula is C22H32N6O. The van der Waals surface area contributed by atoms with Gasteiger partial charge in [0.25, 0.3) is 0 Å². The Morgan fingerprint density at radius 2 is 1.86 bits per heavy atom. The van der Waals surface area contributed by atoms with Crippen molar-refractivity contribution in [3.63, 3.8) is 0 Å². The van der Waals surface area contributed by atoms with Gasteiger partial charge in [0.05, 0.1) is 6.26 Å². The van der Waals surface area contributed by atoms with Gasteiger partial charge >= 0.3 is 0 Å². The summed E-state index contributed by atoms with van der Waals surface area (Å²) in [7, 11) is 0. The summed E-state index contributed by atoms with van der Waals surface area (Å²) in [6.45, 7) is 5.44. The number of aromatic nitrogens is 2. The molecule has 1 aliphatic carbocycles. The zero-order chi connectivity index (χ0) is 19.7. The van der Waals surface area contributed by atoms with Crippen LogP contribution >= 0.6 is 0 Å². The number of nitrogens with zero attached hydrogens (tertiary/aromatic N) is 5. The minimum atomic E-state index is 0.740. The predicted octanol–water partition coefficient (Wildman–Crippen LogP) is 2.96. The first-order valence-electron chi connectivity index (χ1n) is 11.0. The third-order valence-electron chi connectivity index (χ3n) is 5.87. The van der Waals surface area contributed by atoms with Gasteiger partial charge < -0.3 is 19.5 Å². The molecule has 0 unspecified atom stereocenters. The molecule has 7 heteroatoms. The van der Waals surface area contributed by atoms with Crippen molar-refractivity contribution < 1.29 is 4.42 Å². The van der Waals surface area contributed by atoms with Crippen LogP contribution in [-0.4, -0.2) is 60.1 Å². The summed E-state index contributed by atoms with van der Waals surface area (Å²) in [6, 6.07) is 5.83. The maximum absolute atomic E-state index is 5.46. The highest BCUT2D eigenvalue weighted by Crippen LogP contribution is 2.23. The van der Waals surface area contributed by atoms with Gasteiger partial charge in [-0.3, -0.25) is 4.99 Å². The fourth-order valence-electron chi connectivity index (χ4n) is 4.18. The Bertz CT molecular complexity index is 734. The molecule has 0 atom stereocenters. The van der Waals surface area contributed by atoms with Gasteiger partial charge in [-0.1, -0.05) is 19.3 Å². The SMILES string of the molecule is c1cnc(N2CCN(C(=NCC3CCCCC3)NCCc3ccco3)CC2)nc1. The highest BCUT2D eigenvalue weighted by Gasteiger charge is 2.22. The van der Waals surface area contributed by atoms with Crippen molar-refractivity contribution in [1.29, 1.82) is 0 Å². The van der Waals surface area contributed by atoms with Gasteiger partial charge in [0.1, 0.15) is 5.76 Å². The summed E-state index contributed by atoms with van der Waals surface area (Å²) in [5.74, 6) is 3.61. The number of piperazine rings is 1. The molecule has 0 radical (unpaired) electrons. The predicted molar refractivity (Wildman–Crippen MR) is 115 cm³/mol. The summed E-state index contributed by atoms with van der Waals surface area (Å²) in [6.07, 6.45) is 13.0. The van der Waals surface area contributed by atoms with Gasteiger partial charge in [0, 0.05) is 58.1 Å². The molecular weight excluding hydrogens is 364 g/mol. The first-order valence-corrected chi connectivity index (χ1v) is 11.0. The van der Waals surface area contributed by atoms with Crippen LogP contribution in [0.3, 0.4) is 0 Å². The molecule has 0 aromatic carbocycles. The lowest BCUT2D eigenvalue weighted by atomic mass is 9.89. The Morgan fingerprint density at radius 1 is 1.07 bits per heavy atom. The van der Waals surface area contributed by atoms with Crippen molar-refractivity contribution >= 4 is 11.9 Å². The van der Waals surface area contributed by atoms with Crippen LogP contribution in [-0.2, 0) is 6.42 Å². The summed E-state index contributed by atoms with van der Waals surface area (Å²) < 4.78 is 5.46. The second-order valence-corrected chi connectivity index (χ2v) is 7.95. The van der Waals surface area contributed by atoms with E-state index in [0.717, 1.165) is 69.3 Å². The lowest BCUT2D eigenvalue weighted by molar-refractivity contribution is 0.351. The average Bonchev–Trinajstić information content (AvgIpc) is 3.31. The van der Waals surface area contributed by atoms with E-state index in [1.807, 2.05) is 30.6 Å². The number of hydrogen-bond acceptors (Lipinski definition) is 5. The average molecular weight is 397 g/mol.